The zero-order valence-corrected chi connectivity index (χ0v) is 20.8. The molecule has 0 bridgehead atoms. The Labute approximate surface area is 217 Å². The molecule has 2 aromatic rings. The topological polar surface area (TPSA) is 161 Å². The number of hydrogen-bond acceptors (Lipinski definition) is 8. The lowest BCUT2D eigenvalue weighted by Gasteiger charge is -2.50. The van der Waals surface area contributed by atoms with Gasteiger partial charge in [-0.3, -0.25) is 19.3 Å². The van der Waals surface area contributed by atoms with Crippen LogP contribution in [0.15, 0.2) is 53.3 Å². The van der Waals surface area contributed by atoms with Crippen molar-refractivity contribution in [2.75, 3.05) is 14.1 Å². The molecule has 0 saturated heterocycles. The molecule has 0 heterocycles. The van der Waals surface area contributed by atoms with E-state index in [-0.39, 0.29) is 29.7 Å². The lowest BCUT2D eigenvalue weighted by molar-refractivity contribution is -0.153. The van der Waals surface area contributed by atoms with E-state index in [9.17, 15) is 34.8 Å². The Morgan fingerprint density at radius 1 is 1.08 bits per heavy atom. The Kier molecular flexibility index (Phi) is 5.71. The SMILES string of the molecule is CN(C)[C@H]1C(=O)C(C(N)=O)=C(O)[C@]2(O)C(=O)C3=C(O)c4c(O)ccc(-c5ccccc5Cl)c4C[C@@H]3C[C@H]12. The predicted octanol–water partition coefficient (Wildman–Crippen LogP) is 2.28. The summed E-state index contributed by atoms with van der Waals surface area (Å²) in [5.74, 6) is -6.84. The van der Waals surface area contributed by atoms with Gasteiger partial charge >= 0.3 is 0 Å². The Balaban J connectivity index is 1.76. The number of likely N-dealkylation sites (N-methyl/N-ethyl adjacent to an activating group) is 1. The first kappa shape index (κ1) is 25.0. The molecule has 0 unspecified atom stereocenters. The molecule has 1 amide bonds. The number of aliphatic hydroxyl groups is 3. The molecule has 3 aliphatic rings. The number of carbonyl (C=O) groups is 3. The van der Waals surface area contributed by atoms with Crippen LogP contribution in [0.5, 0.6) is 5.75 Å². The molecule has 4 atom stereocenters. The van der Waals surface area contributed by atoms with Crippen LogP contribution in [0.4, 0.5) is 0 Å². The number of nitrogens with two attached hydrogens (primary N) is 1. The zero-order chi connectivity index (χ0) is 27.0. The van der Waals surface area contributed by atoms with Gasteiger partial charge in [-0.1, -0.05) is 35.9 Å². The molecule has 2 aromatic carbocycles. The van der Waals surface area contributed by atoms with Crippen molar-refractivity contribution in [2.45, 2.75) is 24.5 Å². The van der Waals surface area contributed by atoms with Gasteiger partial charge in [-0.15, -0.1) is 0 Å². The second-order valence-electron chi connectivity index (χ2n) is 9.93. The van der Waals surface area contributed by atoms with Crippen molar-refractivity contribution in [3.63, 3.8) is 0 Å². The molecule has 0 radical (unpaired) electrons. The smallest absolute Gasteiger partial charge is 0.255 e. The third-order valence-corrected chi connectivity index (χ3v) is 8.10. The van der Waals surface area contributed by atoms with Gasteiger partial charge in [0.05, 0.1) is 11.6 Å². The lowest BCUT2D eigenvalue weighted by atomic mass is 9.57. The summed E-state index contributed by atoms with van der Waals surface area (Å²) in [6.07, 6.45) is 0.201. The molecule has 1 saturated carbocycles. The number of carbonyl (C=O) groups excluding carboxylic acids is 3. The number of ketones is 2. The number of primary amides is 1. The number of aliphatic hydroxyl groups excluding tert-OH is 2. The van der Waals surface area contributed by atoms with E-state index in [2.05, 4.69) is 0 Å². The summed E-state index contributed by atoms with van der Waals surface area (Å²) in [7, 11) is 3.11. The van der Waals surface area contributed by atoms with Crippen molar-refractivity contribution in [1.29, 1.82) is 0 Å². The number of Topliss-reactive ketones (excluding diaryl/α,β-unsaturated/α-hetero) is 2. The maximum absolute atomic E-state index is 13.9. The molecule has 37 heavy (non-hydrogen) atoms. The highest BCUT2D eigenvalue weighted by molar-refractivity contribution is 6.33. The highest BCUT2D eigenvalue weighted by Crippen LogP contribution is 2.53. The fourth-order valence-electron chi connectivity index (χ4n) is 6.18. The predicted molar refractivity (Wildman–Crippen MR) is 135 cm³/mol. The van der Waals surface area contributed by atoms with Crippen LogP contribution in [0.1, 0.15) is 17.5 Å². The van der Waals surface area contributed by atoms with Gasteiger partial charge in [-0.2, -0.15) is 0 Å². The van der Waals surface area contributed by atoms with Crippen LogP contribution in [0.3, 0.4) is 0 Å². The van der Waals surface area contributed by atoms with Crippen LogP contribution in [0.2, 0.25) is 5.02 Å². The number of rotatable bonds is 3. The van der Waals surface area contributed by atoms with Crippen molar-refractivity contribution in [2.24, 2.45) is 17.6 Å². The molecule has 1 fully saturated rings. The van der Waals surface area contributed by atoms with Crippen LogP contribution < -0.4 is 5.73 Å². The van der Waals surface area contributed by atoms with E-state index in [1.807, 2.05) is 0 Å². The van der Waals surface area contributed by atoms with Crippen molar-refractivity contribution >= 4 is 34.8 Å². The largest absolute Gasteiger partial charge is 0.508 e. The van der Waals surface area contributed by atoms with E-state index < -0.39 is 58.0 Å². The molecule has 0 aromatic heterocycles. The van der Waals surface area contributed by atoms with Crippen molar-refractivity contribution in [3.05, 3.63) is 69.5 Å². The summed E-state index contributed by atoms with van der Waals surface area (Å²) in [6.45, 7) is 0. The Morgan fingerprint density at radius 2 is 1.76 bits per heavy atom. The van der Waals surface area contributed by atoms with Crippen molar-refractivity contribution in [3.8, 4) is 16.9 Å². The minimum atomic E-state index is -2.67. The number of halogens is 1. The summed E-state index contributed by atoms with van der Waals surface area (Å²) in [4.78, 5) is 40.6. The molecule has 9 nitrogen and oxygen atoms in total. The minimum absolute atomic E-state index is 0.0172. The molecule has 0 aliphatic heterocycles. The molecule has 6 N–H and O–H groups in total. The summed E-state index contributed by atoms with van der Waals surface area (Å²) in [5.41, 5.74) is 3.53. The van der Waals surface area contributed by atoms with Gasteiger partial charge in [0, 0.05) is 22.1 Å². The Morgan fingerprint density at radius 3 is 2.38 bits per heavy atom. The van der Waals surface area contributed by atoms with E-state index in [0.717, 1.165) is 0 Å². The number of fused-ring (bicyclic) bond motifs is 3. The molecule has 3 aliphatic carbocycles. The van der Waals surface area contributed by atoms with Gasteiger partial charge < -0.3 is 26.2 Å². The van der Waals surface area contributed by atoms with Crippen LogP contribution in [-0.4, -0.2) is 68.5 Å². The molecule has 192 valence electrons. The Bertz CT molecular complexity index is 1460. The summed E-state index contributed by atoms with van der Waals surface area (Å²) < 4.78 is 0. The van der Waals surface area contributed by atoms with E-state index in [1.165, 1.54) is 11.0 Å². The first-order valence-electron chi connectivity index (χ1n) is 11.7. The normalized spacial score (nSPS) is 27.2. The number of phenolic OH excluding ortho intramolecular Hbond substituents is 1. The standard InChI is InChI=1S/C27H25ClN2O7/c1-30(2)21-15-10-11-9-14-12(13-5-3-4-6-16(13)28)7-8-17(31)19(14)22(32)18(11)24(34)27(15,37)25(35)20(23(21)33)26(29)36/h3-8,11,15,21,31-32,35,37H,9-10H2,1-2H3,(H2,29,36)/t11-,15-,21-,27-/m1/s1. The molecular formula is C27H25ClN2O7. The van der Waals surface area contributed by atoms with Gasteiger partial charge in [-0.25, -0.2) is 0 Å². The second-order valence-corrected chi connectivity index (χ2v) is 10.3. The number of hydrogen-bond donors (Lipinski definition) is 5. The average Bonchev–Trinajstić information content (AvgIpc) is 2.82. The molecule has 10 heteroatoms. The fraction of sp³-hybridized carbons (Fsp3) is 0.296. The van der Waals surface area contributed by atoms with Gasteiger partial charge in [0.2, 0.25) is 5.78 Å². The highest BCUT2D eigenvalue weighted by atomic mass is 35.5. The van der Waals surface area contributed by atoms with Crippen molar-refractivity contribution < 1.29 is 34.8 Å². The lowest BCUT2D eigenvalue weighted by Crippen LogP contribution is -2.65. The number of amides is 1. The molecule has 5 rings (SSSR count). The van der Waals surface area contributed by atoms with Gasteiger partial charge in [-0.05, 0) is 56.1 Å². The molecule has 0 spiro atoms. The maximum atomic E-state index is 13.9. The van der Waals surface area contributed by atoms with Crippen LogP contribution in [0.25, 0.3) is 16.9 Å². The highest BCUT2D eigenvalue weighted by Gasteiger charge is 2.64. The zero-order valence-electron chi connectivity index (χ0n) is 20.0. The average molecular weight is 525 g/mol. The van der Waals surface area contributed by atoms with E-state index in [0.29, 0.717) is 21.7 Å². The third kappa shape index (κ3) is 3.34. The molecular weight excluding hydrogens is 500 g/mol. The number of aromatic hydroxyl groups is 1. The minimum Gasteiger partial charge on any atom is -0.508 e. The van der Waals surface area contributed by atoms with Gasteiger partial charge in [0.25, 0.3) is 5.91 Å². The maximum Gasteiger partial charge on any atom is 0.255 e. The van der Waals surface area contributed by atoms with Crippen LogP contribution in [-0.2, 0) is 20.8 Å². The first-order valence-corrected chi connectivity index (χ1v) is 12.0. The summed E-state index contributed by atoms with van der Waals surface area (Å²) >= 11 is 6.43. The van der Waals surface area contributed by atoms with E-state index >= 15 is 0 Å². The fourth-order valence-corrected chi connectivity index (χ4v) is 6.41. The van der Waals surface area contributed by atoms with Crippen LogP contribution >= 0.6 is 11.6 Å². The quantitative estimate of drug-likeness (QED) is 0.382. The number of phenols is 1. The summed E-state index contributed by atoms with van der Waals surface area (Å²) in [6, 6.07) is 9.01. The third-order valence-electron chi connectivity index (χ3n) is 7.77. The monoisotopic (exact) mass is 524 g/mol. The van der Waals surface area contributed by atoms with Crippen LogP contribution in [0, 0.1) is 11.8 Å². The number of nitrogens with zero attached hydrogens (tertiary/aromatic N) is 1. The first-order chi connectivity index (χ1) is 17.4. The van der Waals surface area contributed by atoms with E-state index in [1.54, 1.807) is 44.4 Å². The summed E-state index contributed by atoms with van der Waals surface area (Å²) in [5, 5.41) is 45.0. The second kappa shape index (κ2) is 8.44. The van der Waals surface area contributed by atoms with Crippen molar-refractivity contribution in [1.82, 2.24) is 4.90 Å². The van der Waals surface area contributed by atoms with E-state index in [4.69, 9.17) is 17.3 Å². The Hall–Kier alpha value is -3.66. The van der Waals surface area contributed by atoms with Gasteiger partial charge in [0.1, 0.15) is 22.8 Å². The number of benzene rings is 2. The van der Waals surface area contributed by atoms with Gasteiger partial charge in [0.15, 0.2) is 11.4 Å².